The maximum Gasteiger partial charge on any atom is 0.162 e. The van der Waals surface area contributed by atoms with Crippen LogP contribution in [0.5, 0.6) is 0 Å². The van der Waals surface area contributed by atoms with Crippen molar-refractivity contribution in [1.82, 2.24) is 24.4 Å². The number of hydrogen-bond acceptors (Lipinski definition) is 5. The summed E-state index contributed by atoms with van der Waals surface area (Å²) in [5.74, 6) is 1.24. The van der Waals surface area contributed by atoms with Crippen molar-refractivity contribution in [2.75, 3.05) is 5.32 Å². The van der Waals surface area contributed by atoms with Crippen molar-refractivity contribution in [2.45, 2.75) is 51.2 Å². The van der Waals surface area contributed by atoms with Crippen LogP contribution in [0.25, 0.3) is 11.3 Å². The Morgan fingerprint density at radius 2 is 1.93 bits per heavy atom. The molecule has 1 atom stereocenters. The van der Waals surface area contributed by atoms with Crippen LogP contribution in [0.2, 0.25) is 0 Å². The van der Waals surface area contributed by atoms with Crippen LogP contribution < -0.4 is 5.32 Å². The normalized spacial score (nSPS) is 16.1. The lowest BCUT2D eigenvalue weighted by Gasteiger charge is -2.19. The molecule has 154 valence electrons. The second-order valence-corrected chi connectivity index (χ2v) is 8.07. The molecule has 4 aromatic rings. The van der Waals surface area contributed by atoms with E-state index >= 15 is 0 Å². The van der Waals surface area contributed by atoms with Crippen molar-refractivity contribution in [3.8, 4) is 5.69 Å². The molecular weight excluding hydrogens is 376 g/mol. The van der Waals surface area contributed by atoms with Crippen LogP contribution in [0.15, 0.2) is 55.0 Å². The number of aromatic nitrogens is 5. The topological polar surface area (TPSA) is 80.3 Å². The number of aryl methyl sites for hydroxylation is 1. The van der Waals surface area contributed by atoms with Gasteiger partial charge in [-0.2, -0.15) is 10.2 Å². The van der Waals surface area contributed by atoms with Crippen molar-refractivity contribution < 1.29 is 5.11 Å². The molecule has 0 bridgehead atoms. The van der Waals surface area contributed by atoms with Crippen molar-refractivity contribution in [2.24, 2.45) is 0 Å². The van der Waals surface area contributed by atoms with Gasteiger partial charge in [0.25, 0.3) is 0 Å². The summed E-state index contributed by atoms with van der Waals surface area (Å²) in [6.07, 6.45) is 10.4. The van der Waals surface area contributed by atoms with Crippen molar-refractivity contribution in [3.05, 3.63) is 71.8 Å². The Balaban J connectivity index is 1.50. The molecule has 1 aliphatic rings. The molecule has 1 aromatic carbocycles. The van der Waals surface area contributed by atoms with Gasteiger partial charge in [0.2, 0.25) is 0 Å². The summed E-state index contributed by atoms with van der Waals surface area (Å²) >= 11 is 0. The summed E-state index contributed by atoms with van der Waals surface area (Å²) in [7, 11) is 0. The van der Waals surface area contributed by atoms with Gasteiger partial charge in [0.15, 0.2) is 11.9 Å². The summed E-state index contributed by atoms with van der Waals surface area (Å²) in [6, 6.07) is 12.2. The van der Waals surface area contributed by atoms with E-state index < -0.39 is 6.23 Å². The Kier molecular flexibility index (Phi) is 4.96. The Morgan fingerprint density at radius 3 is 2.73 bits per heavy atom. The summed E-state index contributed by atoms with van der Waals surface area (Å²) in [5.41, 5.74) is 4.52. The fraction of sp³-hybridized carbons (Fsp3) is 0.348. The minimum absolute atomic E-state index is 0.474. The lowest BCUT2D eigenvalue weighted by molar-refractivity contribution is 0.208. The summed E-state index contributed by atoms with van der Waals surface area (Å²) in [6.45, 7) is 2.07. The number of rotatable bonds is 5. The molecule has 0 aliphatic heterocycles. The number of benzene rings is 1. The molecule has 7 nitrogen and oxygen atoms in total. The van der Waals surface area contributed by atoms with Crippen LogP contribution in [-0.4, -0.2) is 29.5 Å². The van der Waals surface area contributed by atoms with Gasteiger partial charge in [-0.15, -0.1) is 0 Å². The van der Waals surface area contributed by atoms with Gasteiger partial charge in [-0.25, -0.2) is 14.2 Å². The first kappa shape index (κ1) is 18.8. The standard InChI is InChI=1S/C23H26N6O/c1-16-8-10-18(11-9-16)29-21(14-20(27-29)17-6-3-2-4-7-17)26-23(30)19-15-25-28-13-5-12-24-22(19)28/h5,8-15,17,23,26,30H,2-4,6-7H2,1H3. The Morgan fingerprint density at radius 1 is 1.13 bits per heavy atom. The summed E-state index contributed by atoms with van der Waals surface area (Å²) < 4.78 is 3.55. The van der Waals surface area contributed by atoms with E-state index in [0.29, 0.717) is 17.1 Å². The predicted octanol–water partition coefficient (Wildman–Crippen LogP) is 4.37. The van der Waals surface area contributed by atoms with Gasteiger partial charge in [-0.3, -0.25) is 0 Å². The number of aliphatic hydroxyl groups is 1. The maximum absolute atomic E-state index is 11.0. The smallest absolute Gasteiger partial charge is 0.162 e. The van der Waals surface area contributed by atoms with Crippen LogP contribution in [0.1, 0.15) is 61.1 Å². The average Bonchev–Trinajstić information content (AvgIpc) is 3.39. The zero-order valence-electron chi connectivity index (χ0n) is 17.1. The average molecular weight is 403 g/mol. The number of nitrogens with zero attached hydrogens (tertiary/aromatic N) is 5. The predicted molar refractivity (Wildman–Crippen MR) is 116 cm³/mol. The second kappa shape index (κ2) is 7.91. The van der Waals surface area contributed by atoms with E-state index in [9.17, 15) is 5.11 Å². The Bertz CT molecular complexity index is 1140. The Labute approximate surface area is 175 Å². The van der Waals surface area contributed by atoms with E-state index in [1.807, 2.05) is 16.9 Å². The lowest BCUT2D eigenvalue weighted by Crippen LogP contribution is -2.13. The largest absolute Gasteiger partial charge is 0.369 e. The number of anilines is 1. The van der Waals surface area contributed by atoms with E-state index in [1.54, 1.807) is 16.9 Å². The zero-order chi connectivity index (χ0) is 20.5. The highest BCUT2D eigenvalue weighted by Crippen LogP contribution is 2.34. The van der Waals surface area contributed by atoms with Crippen LogP contribution in [-0.2, 0) is 0 Å². The molecule has 0 saturated heterocycles. The third-order valence-electron chi connectivity index (χ3n) is 5.92. The van der Waals surface area contributed by atoms with Gasteiger partial charge < -0.3 is 10.4 Å². The number of fused-ring (bicyclic) bond motifs is 1. The van der Waals surface area contributed by atoms with Crippen molar-refractivity contribution >= 4 is 11.5 Å². The van der Waals surface area contributed by atoms with Crippen LogP contribution >= 0.6 is 0 Å². The van der Waals surface area contributed by atoms with Crippen LogP contribution in [0, 0.1) is 6.92 Å². The molecule has 3 aromatic heterocycles. The first-order chi connectivity index (χ1) is 14.7. The highest BCUT2D eigenvalue weighted by Gasteiger charge is 2.23. The fourth-order valence-corrected chi connectivity index (χ4v) is 4.24. The molecule has 1 unspecified atom stereocenters. The number of hydrogen-bond donors (Lipinski definition) is 2. The quantitative estimate of drug-likeness (QED) is 0.485. The second-order valence-electron chi connectivity index (χ2n) is 8.07. The van der Waals surface area contributed by atoms with Crippen molar-refractivity contribution in [3.63, 3.8) is 0 Å². The molecule has 5 rings (SSSR count). The van der Waals surface area contributed by atoms with Gasteiger partial charge in [-0.1, -0.05) is 37.0 Å². The SMILES string of the molecule is Cc1ccc(-n2nc(C3CCCCC3)cc2NC(O)c2cnn3cccnc23)cc1. The van der Waals surface area contributed by atoms with Crippen LogP contribution in [0.3, 0.4) is 0 Å². The lowest BCUT2D eigenvalue weighted by atomic mass is 9.87. The van der Waals surface area contributed by atoms with Gasteiger partial charge >= 0.3 is 0 Å². The number of nitrogens with one attached hydrogen (secondary N) is 1. The molecule has 0 spiro atoms. The highest BCUT2D eigenvalue weighted by molar-refractivity contribution is 5.53. The molecule has 0 amide bonds. The summed E-state index contributed by atoms with van der Waals surface area (Å²) in [4.78, 5) is 4.35. The third kappa shape index (κ3) is 3.57. The summed E-state index contributed by atoms with van der Waals surface area (Å²) in [5, 5.41) is 23.4. The van der Waals surface area contributed by atoms with E-state index in [2.05, 4.69) is 52.7 Å². The molecule has 30 heavy (non-hydrogen) atoms. The third-order valence-corrected chi connectivity index (χ3v) is 5.92. The van der Waals surface area contributed by atoms with Gasteiger partial charge in [0.1, 0.15) is 5.82 Å². The van der Waals surface area contributed by atoms with Crippen molar-refractivity contribution in [1.29, 1.82) is 0 Å². The molecule has 7 heteroatoms. The van der Waals surface area contributed by atoms with E-state index in [0.717, 1.165) is 17.2 Å². The molecule has 3 heterocycles. The minimum atomic E-state index is -0.947. The molecule has 1 fully saturated rings. The van der Waals surface area contributed by atoms with Gasteiger partial charge in [0, 0.05) is 24.4 Å². The van der Waals surface area contributed by atoms with E-state index in [-0.39, 0.29) is 0 Å². The first-order valence-electron chi connectivity index (χ1n) is 10.6. The maximum atomic E-state index is 11.0. The van der Waals surface area contributed by atoms with Gasteiger partial charge in [-0.05, 0) is 38.0 Å². The molecule has 0 radical (unpaired) electrons. The monoisotopic (exact) mass is 402 g/mol. The molecule has 2 N–H and O–H groups in total. The highest BCUT2D eigenvalue weighted by atomic mass is 16.3. The first-order valence-corrected chi connectivity index (χ1v) is 10.6. The zero-order valence-corrected chi connectivity index (χ0v) is 17.1. The number of aliphatic hydroxyl groups excluding tert-OH is 1. The minimum Gasteiger partial charge on any atom is -0.369 e. The van der Waals surface area contributed by atoms with Gasteiger partial charge in [0.05, 0.1) is 23.1 Å². The molecule has 1 aliphatic carbocycles. The van der Waals surface area contributed by atoms with E-state index in [4.69, 9.17) is 5.10 Å². The molecular formula is C23H26N6O. The van der Waals surface area contributed by atoms with Crippen LogP contribution in [0.4, 0.5) is 5.82 Å². The van der Waals surface area contributed by atoms with E-state index in [1.165, 1.54) is 37.7 Å². The Hall–Kier alpha value is -3.19. The fourth-order valence-electron chi connectivity index (χ4n) is 4.24. The molecule has 1 saturated carbocycles.